The summed E-state index contributed by atoms with van der Waals surface area (Å²) in [7, 11) is 0. The highest BCUT2D eigenvalue weighted by Crippen LogP contribution is 2.10. The van der Waals surface area contributed by atoms with E-state index in [2.05, 4.69) is 20.4 Å². The Bertz CT molecular complexity index is 601. The fraction of sp³-hybridized carbons (Fsp3) is 0.579. The average molecular weight is 380 g/mol. The van der Waals surface area contributed by atoms with Gasteiger partial charge in [0.1, 0.15) is 18.2 Å². The predicted molar refractivity (Wildman–Crippen MR) is 101 cm³/mol. The van der Waals surface area contributed by atoms with E-state index in [1.165, 1.54) is 12.1 Å². The van der Waals surface area contributed by atoms with Gasteiger partial charge in [-0.3, -0.25) is 19.4 Å². The third-order valence-corrected chi connectivity index (χ3v) is 4.16. The molecule has 7 nitrogen and oxygen atoms in total. The summed E-state index contributed by atoms with van der Waals surface area (Å²) in [6, 6.07) is 5.92. The highest BCUT2D eigenvalue weighted by molar-refractivity contribution is 5.78. The number of piperazine rings is 1. The summed E-state index contributed by atoms with van der Waals surface area (Å²) in [5.41, 5.74) is 0. The first-order chi connectivity index (χ1) is 12.9. The van der Waals surface area contributed by atoms with Gasteiger partial charge in [0.25, 0.3) is 0 Å². The van der Waals surface area contributed by atoms with Gasteiger partial charge in [-0.05, 0) is 38.1 Å². The van der Waals surface area contributed by atoms with Crippen molar-refractivity contribution in [3.05, 3.63) is 30.1 Å². The summed E-state index contributed by atoms with van der Waals surface area (Å²) in [5.74, 6) is 0.251. The molecule has 2 amide bonds. The van der Waals surface area contributed by atoms with Gasteiger partial charge in [0.15, 0.2) is 0 Å². The number of hydrogen-bond donors (Lipinski definition) is 2. The molecule has 1 fully saturated rings. The second-order valence-corrected chi connectivity index (χ2v) is 6.93. The topological polar surface area (TPSA) is 73.9 Å². The van der Waals surface area contributed by atoms with Crippen molar-refractivity contribution in [2.45, 2.75) is 19.9 Å². The molecule has 0 spiro atoms. The highest BCUT2D eigenvalue weighted by atomic mass is 19.1. The van der Waals surface area contributed by atoms with E-state index < -0.39 is 0 Å². The summed E-state index contributed by atoms with van der Waals surface area (Å²) in [4.78, 5) is 28.0. The number of amides is 2. The van der Waals surface area contributed by atoms with E-state index >= 15 is 0 Å². The first-order valence-electron chi connectivity index (χ1n) is 9.31. The average Bonchev–Trinajstić information content (AvgIpc) is 2.61. The van der Waals surface area contributed by atoms with Crippen molar-refractivity contribution in [3.63, 3.8) is 0 Å². The molecule has 8 heteroatoms. The van der Waals surface area contributed by atoms with Crippen molar-refractivity contribution in [2.75, 3.05) is 52.4 Å². The Balaban J connectivity index is 1.56. The minimum absolute atomic E-state index is 0.0392. The monoisotopic (exact) mass is 380 g/mol. The predicted octanol–water partition coefficient (Wildman–Crippen LogP) is 0.463. The summed E-state index contributed by atoms with van der Waals surface area (Å²) >= 11 is 0. The number of carbonyl (C=O) groups is 2. The number of ether oxygens (including phenoxy) is 1. The first kappa shape index (κ1) is 21.1. The van der Waals surface area contributed by atoms with Crippen molar-refractivity contribution in [3.8, 4) is 5.75 Å². The summed E-state index contributed by atoms with van der Waals surface area (Å²) in [6.07, 6.45) is 0. The van der Waals surface area contributed by atoms with Gasteiger partial charge in [-0.15, -0.1) is 0 Å². The Labute approximate surface area is 159 Å². The molecule has 1 heterocycles. The van der Waals surface area contributed by atoms with E-state index in [0.29, 0.717) is 32.0 Å². The van der Waals surface area contributed by atoms with Crippen LogP contribution in [0.15, 0.2) is 24.3 Å². The molecule has 1 aromatic rings. The van der Waals surface area contributed by atoms with Gasteiger partial charge in [0.05, 0.1) is 19.6 Å². The van der Waals surface area contributed by atoms with E-state index in [1.54, 1.807) is 12.1 Å². The normalized spacial score (nSPS) is 15.6. The zero-order chi connectivity index (χ0) is 19.6. The SMILES string of the molecule is CC(C)NC(=O)CN1CCN(CC(=O)NCCOc2ccc(F)cc2)CC1. The molecule has 0 radical (unpaired) electrons. The van der Waals surface area contributed by atoms with E-state index in [0.717, 1.165) is 26.2 Å². The van der Waals surface area contributed by atoms with Crippen LogP contribution in [0.3, 0.4) is 0 Å². The molecule has 0 saturated carbocycles. The largest absolute Gasteiger partial charge is 0.492 e. The van der Waals surface area contributed by atoms with Gasteiger partial charge in [-0.1, -0.05) is 0 Å². The fourth-order valence-electron chi connectivity index (χ4n) is 2.83. The fourth-order valence-corrected chi connectivity index (χ4v) is 2.83. The van der Waals surface area contributed by atoms with Gasteiger partial charge in [0.2, 0.25) is 11.8 Å². The molecule has 150 valence electrons. The maximum atomic E-state index is 12.8. The molecule has 0 atom stereocenters. The summed E-state index contributed by atoms with van der Waals surface area (Å²) < 4.78 is 18.2. The van der Waals surface area contributed by atoms with Crippen molar-refractivity contribution in [1.82, 2.24) is 20.4 Å². The molecule has 0 aliphatic carbocycles. The van der Waals surface area contributed by atoms with Crippen LogP contribution >= 0.6 is 0 Å². The van der Waals surface area contributed by atoms with Crippen LogP contribution in [0.25, 0.3) is 0 Å². The molecule has 1 aromatic carbocycles. The number of halogens is 1. The standard InChI is InChI=1S/C19H29FN4O3/c1-15(2)22-19(26)14-24-10-8-23(9-11-24)13-18(25)21-7-12-27-17-5-3-16(20)4-6-17/h3-6,15H,7-14H2,1-2H3,(H,21,25)(H,22,26). The van der Waals surface area contributed by atoms with E-state index in [4.69, 9.17) is 4.74 Å². The third kappa shape index (κ3) is 8.36. The molecule has 1 aliphatic rings. The Morgan fingerprint density at radius 1 is 1.04 bits per heavy atom. The Morgan fingerprint density at radius 3 is 2.15 bits per heavy atom. The smallest absolute Gasteiger partial charge is 0.234 e. The van der Waals surface area contributed by atoms with Crippen LogP contribution in [-0.4, -0.2) is 80.1 Å². The number of hydrogen-bond acceptors (Lipinski definition) is 5. The minimum Gasteiger partial charge on any atom is -0.492 e. The van der Waals surface area contributed by atoms with E-state index in [-0.39, 0.29) is 23.7 Å². The molecule has 1 aliphatic heterocycles. The zero-order valence-corrected chi connectivity index (χ0v) is 16.0. The number of nitrogens with zero attached hydrogens (tertiary/aromatic N) is 2. The quantitative estimate of drug-likeness (QED) is 0.609. The second-order valence-electron chi connectivity index (χ2n) is 6.93. The van der Waals surface area contributed by atoms with Crippen LogP contribution in [0.2, 0.25) is 0 Å². The Kier molecular flexibility index (Phi) is 8.47. The number of benzene rings is 1. The van der Waals surface area contributed by atoms with Gasteiger partial charge in [-0.25, -0.2) is 4.39 Å². The van der Waals surface area contributed by atoms with Crippen LogP contribution < -0.4 is 15.4 Å². The number of rotatable bonds is 9. The molecule has 0 unspecified atom stereocenters. The molecule has 2 N–H and O–H groups in total. The van der Waals surface area contributed by atoms with Gasteiger partial charge >= 0.3 is 0 Å². The highest BCUT2D eigenvalue weighted by Gasteiger charge is 2.20. The number of carbonyl (C=O) groups excluding carboxylic acids is 2. The second kappa shape index (κ2) is 10.8. The number of nitrogens with one attached hydrogen (secondary N) is 2. The van der Waals surface area contributed by atoms with Gasteiger partial charge in [0, 0.05) is 32.2 Å². The zero-order valence-electron chi connectivity index (χ0n) is 16.0. The Morgan fingerprint density at radius 2 is 1.59 bits per heavy atom. The molecule has 1 saturated heterocycles. The first-order valence-corrected chi connectivity index (χ1v) is 9.31. The van der Waals surface area contributed by atoms with Gasteiger partial charge in [-0.2, -0.15) is 0 Å². The third-order valence-electron chi connectivity index (χ3n) is 4.16. The Hall–Kier alpha value is -2.19. The lowest BCUT2D eigenvalue weighted by Crippen LogP contribution is -2.52. The van der Waals surface area contributed by atoms with Gasteiger partial charge < -0.3 is 15.4 Å². The molecule has 27 heavy (non-hydrogen) atoms. The lowest BCUT2D eigenvalue weighted by molar-refractivity contribution is -0.125. The van der Waals surface area contributed by atoms with Crippen molar-refractivity contribution in [2.24, 2.45) is 0 Å². The van der Waals surface area contributed by atoms with Crippen LogP contribution in [0.4, 0.5) is 4.39 Å². The van der Waals surface area contributed by atoms with Crippen LogP contribution in [0.5, 0.6) is 5.75 Å². The lowest BCUT2D eigenvalue weighted by Gasteiger charge is -2.33. The van der Waals surface area contributed by atoms with Crippen LogP contribution in [-0.2, 0) is 9.59 Å². The molecule has 0 aromatic heterocycles. The maximum absolute atomic E-state index is 12.8. The molecular weight excluding hydrogens is 351 g/mol. The summed E-state index contributed by atoms with van der Waals surface area (Å²) in [5, 5.41) is 5.71. The van der Waals surface area contributed by atoms with Crippen molar-refractivity contribution < 1.29 is 18.7 Å². The molecule has 2 rings (SSSR count). The molecular formula is C19H29FN4O3. The van der Waals surface area contributed by atoms with Crippen LogP contribution in [0, 0.1) is 5.82 Å². The lowest BCUT2D eigenvalue weighted by atomic mass is 10.3. The van der Waals surface area contributed by atoms with E-state index in [1.807, 2.05) is 13.8 Å². The van der Waals surface area contributed by atoms with Crippen molar-refractivity contribution in [1.29, 1.82) is 0 Å². The maximum Gasteiger partial charge on any atom is 0.234 e. The van der Waals surface area contributed by atoms with E-state index in [9.17, 15) is 14.0 Å². The molecule has 0 bridgehead atoms. The summed E-state index contributed by atoms with van der Waals surface area (Å²) in [6.45, 7) is 8.41. The minimum atomic E-state index is -0.309. The van der Waals surface area contributed by atoms with Crippen LogP contribution in [0.1, 0.15) is 13.8 Å². The van der Waals surface area contributed by atoms with Crippen molar-refractivity contribution >= 4 is 11.8 Å².